The van der Waals surface area contributed by atoms with E-state index in [0.29, 0.717) is 13.1 Å². The number of amides is 2. The normalized spacial score (nSPS) is 10.5. The second-order valence-electron chi connectivity index (χ2n) is 5.10. The van der Waals surface area contributed by atoms with Crippen molar-refractivity contribution in [3.8, 4) is 0 Å². The van der Waals surface area contributed by atoms with Crippen molar-refractivity contribution in [1.82, 2.24) is 10.6 Å². The SMILES string of the molecule is O=C(NCCc1coc2ccccc12)NCc1ccccc1. The van der Waals surface area contributed by atoms with Crippen LogP contribution in [0, 0.1) is 0 Å². The van der Waals surface area contributed by atoms with E-state index in [1.54, 1.807) is 6.26 Å². The van der Waals surface area contributed by atoms with Crippen molar-refractivity contribution in [3.63, 3.8) is 0 Å². The number of para-hydroxylation sites is 1. The zero-order valence-electron chi connectivity index (χ0n) is 12.2. The van der Waals surface area contributed by atoms with Crippen molar-refractivity contribution in [3.05, 3.63) is 72.0 Å². The molecule has 2 N–H and O–H groups in total. The molecule has 0 fully saturated rings. The summed E-state index contributed by atoms with van der Waals surface area (Å²) < 4.78 is 5.48. The van der Waals surface area contributed by atoms with Crippen molar-refractivity contribution in [2.75, 3.05) is 6.54 Å². The van der Waals surface area contributed by atoms with Gasteiger partial charge in [0.1, 0.15) is 5.58 Å². The maximum atomic E-state index is 11.8. The average molecular weight is 294 g/mol. The topological polar surface area (TPSA) is 54.3 Å². The third-order valence-corrected chi connectivity index (χ3v) is 3.54. The van der Waals surface area contributed by atoms with Gasteiger partial charge in [-0.15, -0.1) is 0 Å². The first kappa shape index (κ1) is 14.2. The van der Waals surface area contributed by atoms with Gasteiger partial charge in [-0.25, -0.2) is 4.79 Å². The molecule has 0 atom stereocenters. The number of urea groups is 1. The second-order valence-corrected chi connectivity index (χ2v) is 5.10. The van der Waals surface area contributed by atoms with Crippen molar-refractivity contribution >= 4 is 17.0 Å². The van der Waals surface area contributed by atoms with Crippen LogP contribution in [0.15, 0.2) is 65.3 Å². The van der Waals surface area contributed by atoms with E-state index in [1.165, 1.54) is 0 Å². The van der Waals surface area contributed by atoms with Gasteiger partial charge in [-0.2, -0.15) is 0 Å². The summed E-state index contributed by atoms with van der Waals surface area (Å²) >= 11 is 0. The van der Waals surface area contributed by atoms with Crippen molar-refractivity contribution in [2.24, 2.45) is 0 Å². The fourth-order valence-corrected chi connectivity index (χ4v) is 2.38. The van der Waals surface area contributed by atoms with E-state index in [9.17, 15) is 4.79 Å². The Morgan fingerprint density at radius 3 is 2.59 bits per heavy atom. The van der Waals surface area contributed by atoms with Crippen LogP contribution in [0.4, 0.5) is 4.79 Å². The lowest BCUT2D eigenvalue weighted by atomic mass is 10.1. The fraction of sp³-hybridized carbons (Fsp3) is 0.167. The summed E-state index contributed by atoms with van der Waals surface area (Å²) in [6.45, 7) is 1.10. The number of carbonyl (C=O) groups excluding carboxylic acids is 1. The molecule has 0 aliphatic heterocycles. The number of fused-ring (bicyclic) bond motifs is 1. The molecule has 2 amide bonds. The Hall–Kier alpha value is -2.75. The predicted molar refractivity (Wildman–Crippen MR) is 86.6 cm³/mol. The Balaban J connectivity index is 1.45. The monoisotopic (exact) mass is 294 g/mol. The van der Waals surface area contributed by atoms with Gasteiger partial charge in [-0.3, -0.25) is 0 Å². The molecular weight excluding hydrogens is 276 g/mol. The molecule has 0 radical (unpaired) electrons. The van der Waals surface area contributed by atoms with Gasteiger partial charge in [0.2, 0.25) is 0 Å². The molecule has 1 heterocycles. The zero-order valence-corrected chi connectivity index (χ0v) is 12.2. The number of carbonyl (C=O) groups is 1. The number of nitrogens with one attached hydrogen (secondary N) is 2. The van der Waals surface area contributed by atoms with Crippen LogP contribution >= 0.6 is 0 Å². The highest BCUT2D eigenvalue weighted by Gasteiger charge is 2.05. The Kier molecular flexibility index (Phi) is 4.39. The molecule has 22 heavy (non-hydrogen) atoms. The highest BCUT2D eigenvalue weighted by Crippen LogP contribution is 2.20. The van der Waals surface area contributed by atoms with Crippen LogP contribution in [-0.4, -0.2) is 12.6 Å². The summed E-state index contributed by atoms with van der Waals surface area (Å²) in [7, 11) is 0. The van der Waals surface area contributed by atoms with Gasteiger partial charge in [0.25, 0.3) is 0 Å². The molecule has 3 aromatic rings. The minimum Gasteiger partial charge on any atom is -0.464 e. The first-order valence-corrected chi connectivity index (χ1v) is 7.33. The average Bonchev–Trinajstić information content (AvgIpc) is 2.97. The summed E-state index contributed by atoms with van der Waals surface area (Å²) in [5.41, 5.74) is 3.07. The number of hydrogen-bond acceptors (Lipinski definition) is 2. The van der Waals surface area contributed by atoms with Gasteiger partial charge in [0, 0.05) is 18.5 Å². The van der Waals surface area contributed by atoms with Gasteiger partial charge in [0.05, 0.1) is 6.26 Å². The van der Waals surface area contributed by atoms with E-state index in [4.69, 9.17) is 4.42 Å². The molecular formula is C18H18N2O2. The van der Waals surface area contributed by atoms with Gasteiger partial charge in [0.15, 0.2) is 0 Å². The summed E-state index contributed by atoms with van der Waals surface area (Å²) in [5, 5.41) is 6.81. The lowest BCUT2D eigenvalue weighted by Gasteiger charge is -2.07. The van der Waals surface area contributed by atoms with Gasteiger partial charge in [-0.05, 0) is 23.6 Å². The maximum Gasteiger partial charge on any atom is 0.315 e. The largest absolute Gasteiger partial charge is 0.464 e. The molecule has 0 aliphatic rings. The first-order chi connectivity index (χ1) is 10.8. The fourth-order valence-electron chi connectivity index (χ4n) is 2.38. The molecule has 0 saturated carbocycles. The van der Waals surface area contributed by atoms with Crippen LogP contribution in [0.25, 0.3) is 11.0 Å². The van der Waals surface area contributed by atoms with Crippen molar-refractivity contribution < 1.29 is 9.21 Å². The molecule has 4 heteroatoms. The Bertz CT molecular complexity index is 750. The second kappa shape index (κ2) is 6.80. The highest BCUT2D eigenvalue weighted by atomic mass is 16.3. The molecule has 112 valence electrons. The molecule has 3 rings (SSSR count). The molecule has 0 saturated heterocycles. The van der Waals surface area contributed by atoms with Crippen molar-refractivity contribution in [1.29, 1.82) is 0 Å². The predicted octanol–water partition coefficient (Wildman–Crippen LogP) is 3.47. The minimum atomic E-state index is -0.156. The summed E-state index contributed by atoms with van der Waals surface area (Å²) in [6.07, 6.45) is 2.50. The van der Waals surface area contributed by atoms with Gasteiger partial charge in [-0.1, -0.05) is 48.5 Å². The van der Waals surface area contributed by atoms with E-state index in [0.717, 1.165) is 28.5 Å². The van der Waals surface area contributed by atoms with Crippen molar-refractivity contribution in [2.45, 2.75) is 13.0 Å². The third kappa shape index (κ3) is 3.47. The Morgan fingerprint density at radius 2 is 1.73 bits per heavy atom. The zero-order chi connectivity index (χ0) is 15.2. The summed E-state index contributed by atoms with van der Waals surface area (Å²) in [4.78, 5) is 11.8. The molecule has 0 spiro atoms. The number of rotatable bonds is 5. The van der Waals surface area contributed by atoms with Crippen LogP contribution in [-0.2, 0) is 13.0 Å². The molecule has 4 nitrogen and oxygen atoms in total. The number of benzene rings is 2. The summed E-state index contributed by atoms with van der Waals surface area (Å²) in [5.74, 6) is 0. The molecule has 2 aromatic carbocycles. The van der Waals surface area contributed by atoms with Gasteiger partial charge >= 0.3 is 6.03 Å². The van der Waals surface area contributed by atoms with E-state index in [-0.39, 0.29) is 6.03 Å². The molecule has 0 aliphatic carbocycles. The van der Waals surface area contributed by atoms with E-state index in [2.05, 4.69) is 10.6 Å². The van der Waals surface area contributed by atoms with E-state index >= 15 is 0 Å². The van der Waals surface area contributed by atoms with Crippen LogP contribution in [0.2, 0.25) is 0 Å². The number of furan rings is 1. The third-order valence-electron chi connectivity index (χ3n) is 3.54. The maximum absolute atomic E-state index is 11.8. The number of hydrogen-bond donors (Lipinski definition) is 2. The van der Waals surface area contributed by atoms with E-state index in [1.807, 2.05) is 54.6 Å². The lowest BCUT2D eigenvalue weighted by molar-refractivity contribution is 0.240. The van der Waals surface area contributed by atoms with Crippen LogP contribution in [0.1, 0.15) is 11.1 Å². The van der Waals surface area contributed by atoms with Crippen LogP contribution in [0.3, 0.4) is 0 Å². The van der Waals surface area contributed by atoms with Crippen LogP contribution in [0.5, 0.6) is 0 Å². The molecule has 1 aromatic heterocycles. The standard InChI is InChI=1S/C18H18N2O2/c21-18(20-12-14-6-2-1-3-7-14)19-11-10-15-13-22-17-9-5-4-8-16(15)17/h1-9,13H,10-12H2,(H2,19,20,21). The Morgan fingerprint density at radius 1 is 0.955 bits per heavy atom. The smallest absolute Gasteiger partial charge is 0.315 e. The first-order valence-electron chi connectivity index (χ1n) is 7.33. The van der Waals surface area contributed by atoms with Gasteiger partial charge < -0.3 is 15.1 Å². The molecule has 0 unspecified atom stereocenters. The van der Waals surface area contributed by atoms with Crippen LogP contribution < -0.4 is 10.6 Å². The summed E-state index contributed by atoms with van der Waals surface area (Å²) in [6, 6.07) is 17.6. The quantitative estimate of drug-likeness (QED) is 0.757. The Labute approximate surface area is 129 Å². The van der Waals surface area contributed by atoms with E-state index < -0.39 is 0 Å². The highest BCUT2D eigenvalue weighted by molar-refractivity contribution is 5.81. The minimum absolute atomic E-state index is 0.156. The molecule has 0 bridgehead atoms. The lowest BCUT2D eigenvalue weighted by Crippen LogP contribution is -2.36.